The van der Waals surface area contributed by atoms with Crippen LogP contribution in [-0.4, -0.2) is 82.9 Å². The Bertz CT molecular complexity index is 204. The van der Waals surface area contributed by atoms with Gasteiger partial charge in [-0.3, -0.25) is 9.11 Å². The Morgan fingerprint density at radius 3 is 0.667 bits per heavy atom. The van der Waals surface area contributed by atoms with E-state index in [0.717, 1.165) is 8.97 Å². The van der Waals surface area contributed by atoms with Crippen molar-refractivity contribution in [1.29, 1.82) is 0 Å². The summed E-state index contributed by atoms with van der Waals surface area (Å²) < 4.78 is 33.6. The lowest BCUT2D eigenvalue weighted by Gasteiger charge is -2.14. The SMILES string of the molecule is C[N+](C)(C)C.C[N+](C)(C)C.O=S(=O)(O)O. The second kappa shape index (κ2) is 7.13. The molecule has 0 saturated heterocycles. The van der Waals surface area contributed by atoms with Gasteiger partial charge in [-0.05, 0) is 0 Å². The summed E-state index contributed by atoms with van der Waals surface area (Å²) in [5.41, 5.74) is 0. The first-order valence-corrected chi connectivity index (χ1v) is 5.67. The molecule has 0 aromatic heterocycles. The molecule has 0 saturated carbocycles. The van der Waals surface area contributed by atoms with Crippen LogP contribution in [0, 0.1) is 0 Å². The molecule has 0 atom stereocenters. The molecule has 0 aromatic carbocycles. The molecule has 0 fully saturated rings. The average Bonchev–Trinajstić information content (AvgIpc) is 1.41. The Kier molecular flexibility index (Phi) is 9.61. The van der Waals surface area contributed by atoms with Gasteiger partial charge >= 0.3 is 10.4 Å². The van der Waals surface area contributed by atoms with Gasteiger partial charge in [-0.2, -0.15) is 8.42 Å². The molecule has 0 bridgehead atoms. The third-order valence-electron chi connectivity index (χ3n) is 0. The lowest BCUT2D eigenvalue weighted by atomic mass is 10.8. The quantitative estimate of drug-likeness (QED) is 0.466. The highest BCUT2D eigenvalue weighted by atomic mass is 32.3. The van der Waals surface area contributed by atoms with Gasteiger partial charge in [-0.1, -0.05) is 0 Å². The van der Waals surface area contributed by atoms with Crippen molar-refractivity contribution in [2.45, 2.75) is 0 Å². The largest absolute Gasteiger partial charge is 0.394 e. The maximum absolute atomic E-state index is 8.74. The second-order valence-electron chi connectivity index (χ2n) is 5.81. The maximum atomic E-state index is 8.74. The van der Waals surface area contributed by atoms with Gasteiger partial charge in [0.1, 0.15) is 0 Å². The van der Waals surface area contributed by atoms with Crippen LogP contribution in [-0.2, 0) is 10.4 Å². The minimum absolute atomic E-state index is 1.00. The number of hydrogen-bond donors (Lipinski definition) is 2. The van der Waals surface area contributed by atoms with Crippen molar-refractivity contribution < 1.29 is 26.5 Å². The molecule has 6 nitrogen and oxygen atoms in total. The highest BCUT2D eigenvalue weighted by molar-refractivity contribution is 7.79. The fourth-order valence-electron chi connectivity index (χ4n) is 0. The van der Waals surface area contributed by atoms with E-state index in [1.807, 2.05) is 0 Å². The van der Waals surface area contributed by atoms with E-state index in [0.29, 0.717) is 0 Å². The van der Waals surface area contributed by atoms with Crippen LogP contribution in [0.1, 0.15) is 0 Å². The maximum Gasteiger partial charge on any atom is 0.394 e. The zero-order chi connectivity index (χ0) is 13.5. The van der Waals surface area contributed by atoms with Crippen LogP contribution in [0.5, 0.6) is 0 Å². The van der Waals surface area contributed by atoms with E-state index in [9.17, 15) is 0 Å². The molecule has 2 N–H and O–H groups in total. The third-order valence-corrected chi connectivity index (χ3v) is 0. The summed E-state index contributed by atoms with van der Waals surface area (Å²) >= 11 is 0. The zero-order valence-corrected chi connectivity index (χ0v) is 11.8. The standard InChI is InChI=1S/2C4H12N.H2O4S/c3*1-5(2,3)4/h2*1-4H3;(H2,1,2,3,4)/q2*+1;. The average molecular weight is 246 g/mol. The lowest BCUT2D eigenvalue weighted by Crippen LogP contribution is -2.27. The molecule has 7 heteroatoms. The van der Waals surface area contributed by atoms with Crippen molar-refractivity contribution in [1.82, 2.24) is 0 Å². The molecule has 0 amide bonds. The van der Waals surface area contributed by atoms with Crippen LogP contribution in [0.3, 0.4) is 0 Å². The summed E-state index contributed by atoms with van der Waals surface area (Å²) in [4.78, 5) is 0. The first-order chi connectivity index (χ1) is 6.00. The van der Waals surface area contributed by atoms with Gasteiger partial charge in [-0.15, -0.1) is 0 Å². The second-order valence-corrected chi connectivity index (χ2v) is 6.71. The Morgan fingerprint density at radius 2 is 0.667 bits per heavy atom. The van der Waals surface area contributed by atoms with Crippen molar-refractivity contribution in [3.05, 3.63) is 0 Å². The van der Waals surface area contributed by atoms with Gasteiger partial charge in [0.25, 0.3) is 0 Å². The Morgan fingerprint density at radius 1 is 0.667 bits per heavy atom. The molecule has 0 aromatic rings. The summed E-state index contributed by atoms with van der Waals surface area (Å²) in [5.74, 6) is 0. The molecular formula is C8H26N2O4S+2. The zero-order valence-electron chi connectivity index (χ0n) is 11.0. The monoisotopic (exact) mass is 246 g/mol. The lowest BCUT2D eigenvalue weighted by molar-refractivity contribution is -0.849. The number of quaternary nitrogens is 2. The van der Waals surface area contributed by atoms with E-state index >= 15 is 0 Å². The van der Waals surface area contributed by atoms with E-state index < -0.39 is 10.4 Å². The van der Waals surface area contributed by atoms with Crippen molar-refractivity contribution in [3.8, 4) is 0 Å². The molecule has 0 rings (SSSR count). The predicted octanol–water partition coefficient (Wildman–Crippen LogP) is -0.00800. The van der Waals surface area contributed by atoms with E-state index in [1.165, 1.54) is 0 Å². The van der Waals surface area contributed by atoms with Crippen molar-refractivity contribution in [3.63, 3.8) is 0 Å². The summed E-state index contributed by atoms with van der Waals surface area (Å²) in [6.07, 6.45) is 0. The van der Waals surface area contributed by atoms with Gasteiger partial charge in [-0.25, -0.2) is 0 Å². The van der Waals surface area contributed by atoms with Crippen LogP contribution in [0.4, 0.5) is 0 Å². The molecular weight excluding hydrogens is 220 g/mol. The highest BCUT2D eigenvalue weighted by Gasteiger charge is 1.88. The normalized spacial score (nSPS) is 11.9. The highest BCUT2D eigenvalue weighted by Crippen LogP contribution is 1.74. The van der Waals surface area contributed by atoms with Crippen LogP contribution in [0.25, 0.3) is 0 Å². The minimum atomic E-state index is -4.67. The smallest absolute Gasteiger partial charge is 0.333 e. The summed E-state index contributed by atoms with van der Waals surface area (Å²) in [6, 6.07) is 0. The predicted molar refractivity (Wildman–Crippen MR) is 62.1 cm³/mol. The molecule has 96 valence electrons. The molecule has 0 unspecified atom stereocenters. The summed E-state index contributed by atoms with van der Waals surface area (Å²) in [6.45, 7) is 0. The van der Waals surface area contributed by atoms with E-state index in [-0.39, 0.29) is 0 Å². The van der Waals surface area contributed by atoms with E-state index in [2.05, 4.69) is 56.4 Å². The first-order valence-electron chi connectivity index (χ1n) is 4.28. The molecule has 15 heavy (non-hydrogen) atoms. The number of rotatable bonds is 0. The number of hydrogen-bond acceptors (Lipinski definition) is 2. The third kappa shape index (κ3) is 43500. The van der Waals surface area contributed by atoms with E-state index in [1.54, 1.807) is 0 Å². The summed E-state index contributed by atoms with van der Waals surface area (Å²) in [7, 11) is 12.3. The van der Waals surface area contributed by atoms with Crippen LogP contribution < -0.4 is 0 Å². The molecule has 0 aliphatic rings. The van der Waals surface area contributed by atoms with Crippen molar-refractivity contribution in [2.75, 3.05) is 56.4 Å². The molecule has 0 spiro atoms. The fraction of sp³-hybridized carbons (Fsp3) is 1.00. The van der Waals surface area contributed by atoms with Crippen LogP contribution in [0.2, 0.25) is 0 Å². The fourth-order valence-corrected chi connectivity index (χ4v) is 0. The first kappa shape index (κ1) is 20.2. The van der Waals surface area contributed by atoms with Gasteiger partial charge < -0.3 is 8.97 Å². The van der Waals surface area contributed by atoms with Crippen molar-refractivity contribution >= 4 is 10.4 Å². The summed E-state index contributed by atoms with van der Waals surface area (Å²) in [5, 5.41) is 0. The Labute approximate surface area is 93.9 Å². The van der Waals surface area contributed by atoms with Crippen LogP contribution in [0.15, 0.2) is 0 Å². The molecule has 0 aliphatic heterocycles. The Balaban J connectivity index is -0.000000144. The van der Waals surface area contributed by atoms with E-state index in [4.69, 9.17) is 17.5 Å². The minimum Gasteiger partial charge on any atom is -0.333 e. The van der Waals surface area contributed by atoms with Gasteiger partial charge in [0.15, 0.2) is 0 Å². The van der Waals surface area contributed by atoms with Crippen molar-refractivity contribution in [2.24, 2.45) is 0 Å². The Hall–Kier alpha value is -0.210. The molecule has 0 aliphatic carbocycles. The number of nitrogens with zero attached hydrogens (tertiary/aromatic N) is 2. The molecule has 0 radical (unpaired) electrons. The van der Waals surface area contributed by atoms with Gasteiger partial charge in [0.2, 0.25) is 0 Å². The van der Waals surface area contributed by atoms with Gasteiger partial charge in [0.05, 0.1) is 56.4 Å². The van der Waals surface area contributed by atoms with Gasteiger partial charge in [0, 0.05) is 0 Å². The van der Waals surface area contributed by atoms with Crippen LogP contribution >= 0.6 is 0 Å². The molecule has 0 heterocycles. The topological polar surface area (TPSA) is 74.6 Å².